The molecule has 2 aromatic carbocycles. The van der Waals surface area contributed by atoms with Crippen molar-refractivity contribution in [3.05, 3.63) is 59.2 Å². The number of anilines is 1. The number of carbonyl (C=O) groups excluding carboxylic acids is 1. The smallest absolute Gasteiger partial charge is 0.266 e. The van der Waals surface area contributed by atoms with Gasteiger partial charge < -0.3 is 10.1 Å². The number of hydrogen-bond donors (Lipinski definition) is 1. The van der Waals surface area contributed by atoms with Crippen LogP contribution in [-0.4, -0.2) is 22.3 Å². The molecule has 134 valence electrons. The Hall–Kier alpha value is -3.15. The Morgan fingerprint density at radius 1 is 1.04 bits per heavy atom. The minimum Gasteiger partial charge on any atom is -0.481 e. The fraction of sp³-hybridized carbons (Fsp3) is 0.250. The van der Waals surface area contributed by atoms with Crippen LogP contribution in [0.5, 0.6) is 5.75 Å². The lowest BCUT2D eigenvalue weighted by Crippen LogP contribution is -2.30. The molecular weight excluding hydrogens is 330 g/mol. The van der Waals surface area contributed by atoms with Crippen LogP contribution in [0.2, 0.25) is 0 Å². The molecule has 0 spiro atoms. The summed E-state index contributed by atoms with van der Waals surface area (Å²) in [5.74, 6) is 0.592. The Balaban J connectivity index is 1.71. The summed E-state index contributed by atoms with van der Waals surface area (Å²) in [5, 5.41) is 10.4. The van der Waals surface area contributed by atoms with Crippen LogP contribution in [0, 0.1) is 20.8 Å². The Morgan fingerprint density at radius 2 is 1.77 bits per heavy atom. The molecule has 1 atom stereocenters. The van der Waals surface area contributed by atoms with E-state index in [1.807, 2.05) is 63.2 Å². The summed E-state index contributed by atoms with van der Waals surface area (Å²) in [6.45, 7) is 7.71. The van der Waals surface area contributed by atoms with E-state index in [0.717, 1.165) is 16.7 Å². The number of carbonyl (C=O) groups is 1. The fourth-order valence-electron chi connectivity index (χ4n) is 2.43. The number of aryl methyl sites for hydroxylation is 3. The van der Waals surface area contributed by atoms with Gasteiger partial charge in [0.1, 0.15) is 5.75 Å². The van der Waals surface area contributed by atoms with Crippen molar-refractivity contribution in [2.45, 2.75) is 33.8 Å². The first-order chi connectivity index (χ1) is 12.4. The molecule has 0 aliphatic heterocycles. The van der Waals surface area contributed by atoms with Crippen LogP contribution in [0.25, 0.3) is 11.3 Å². The van der Waals surface area contributed by atoms with E-state index in [1.165, 1.54) is 5.56 Å². The zero-order valence-electron chi connectivity index (χ0n) is 15.2. The average Bonchev–Trinajstić information content (AvgIpc) is 3.07. The van der Waals surface area contributed by atoms with Crippen LogP contribution >= 0.6 is 0 Å². The quantitative estimate of drug-likeness (QED) is 0.750. The minimum atomic E-state index is -0.695. The van der Waals surface area contributed by atoms with Crippen molar-refractivity contribution in [3.63, 3.8) is 0 Å². The van der Waals surface area contributed by atoms with Gasteiger partial charge in [-0.2, -0.15) is 0 Å². The van der Waals surface area contributed by atoms with Crippen LogP contribution in [-0.2, 0) is 4.79 Å². The molecule has 0 saturated heterocycles. The standard InChI is InChI=1S/C20H21N3O3/c1-12-5-8-16(9-6-12)18-19(23-26-22-18)21-20(24)15(4)25-17-10-7-13(2)14(3)11-17/h5-11,15H,1-4H3,(H,21,23,24)/t15-/m0/s1. The molecule has 0 radical (unpaired) electrons. The zero-order chi connectivity index (χ0) is 18.7. The number of amides is 1. The van der Waals surface area contributed by atoms with Crippen LogP contribution in [0.3, 0.4) is 0 Å². The predicted octanol–water partition coefficient (Wildman–Crippen LogP) is 4.07. The maximum absolute atomic E-state index is 12.5. The van der Waals surface area contributed by atoms with Crippen molar-refractivity contribution in [1.29, 1.82) is 0 Å². The normalized spacial score (nSPS) is 11.8. The molecular formula is C20H21N3O3. The van der Waals surface area contributed by atoms with Crippen molar-refractivity contribution in [3.8, 4) is 17.0 Å². The highest BCUT2D eigenvalue weighted by Gasteiger charge is 2.20. The topological polar surface area (TPSA) is 77.3 Å². The summed E-state index contributed by atoms with van der Waals surface area (Å²) in [6.07, 6.45) is -0.695. The lowest BCUT2D eigenvalue weighted by Gasteiger charge is -2.15. The lowest BCUT2D eigenvalue weighted by molar-refractivity contribution is -0.122. The van der Waals surface area contributed by atoms with E-state index in [0.29, 0.717) is 11.4 Å². The van der Waals surface area contributed by atoms with E-state index >= 15 is 0 Å². The predicted molar refractivity (Wildman–Crippen MR) is 99.1 cm³/mol. The molecule has 26 heavy (non-hydrogen) atoms. The van der Waals surface area contributed by atoms with Gasteiger partial charge in [0.05, 0.1) is 0 Å². The molecule has 0 fully saturated rings. The zero-order valence-corrected chi connectivity index (χ0v) is 15.2. The SMILES string of the molecule is Cc1ccc(-c2nonc2NC(=O)[C@H](C)Oc2ccc(C)c(C)c2)cc1. The molecule has 1 N–H and O–H groups in total. The molecule has 1 aromatic heterocycles. The average molecular weight is 351 g/mol. The van der Waals surface area contributed by atoms with Crippen molar-refractivity contribution in [2.24, 2.45) is 0 Å². The van der Waals surface area contributed by atoms with E-state index in [9.17, 15) is 4.79 Å². The third-order valence-electron chi connectivity index (χ3n) is 4.22. The Kier molecular flexibility index (Phi) is 5.02. The van der Waals surface area contributed by atoms with E-state index in [-0.39, 0.29) is 11.7 Å². The Morgan fingerprint density at radius 3 is 2.46 bits per heavy atom. The number of rotatable bonds is 5. The van der Waals surface area contributed by atoms with Gasteiger partial charge in [-0.1, -0.05) is 35.9 Å². The van der Waals surface area contributed by atoms with Gasteiger partial charge in [-0.25, -0.2) is 4.63 Å². The molecule has 1 amide bonds. The van der Waals surface area contributed by atoms with E-state index in [4.69, 9.17) is 9.37 Å². The first-order valence-electron chi connectivity index (χ1n) is 8.38. The minimum absolute atomic E-state index is 0.273. The number of nitrogens with one attached hydrogen (secondary N) is 1. The van der Waals surface area contributed by atoms with E-state index in [1.54, 1.807) is 6.92 Å². The Labute approximate surface area is 152 Å². The molecule has 3 aromatic rings. The van der Waals surface area contributed by atoms with Gasteiger partial charge in [0.2, 0.25) is 5.82 Å². The van der Waals surface area contributed by atoms with Gasteiger partial charge in [0.25, 0.3) is 5.91 Å². The summed E-state index contributed by atoms with van der Waals surface area (Å²) in [5.41, 5.74) is 4.71. The molecule has 0 bridgehead atoms. The highest BCUT2D eigenvalue weighted by atomic mass is 16.6. The molecule has 0 saturated carbocycles. The van der Waals surface area contributed by atoms with Crippen molar-refractivity contribution in [1.82, 2.24) is 10.3 Å². The first-order valence-corrected chi connectivity index (χ1v) is 8.38. The van der Waals surface area contributed by atoms with Crippen molar-refractivity contribution >= 4 is 11.7 Å². The fourth-order valence-corrected chi connectivity index (χ4v) is 2.43. The molecule has 6 nitrogen and oxygen atoms in total. The van der Waals surface area contributed by atoms with Crippen molar-refractivity contribution in [2.75, 3.05) is 5.32 Å². The maximum Gasteiger partial charge on any atom is 0.266 e. The second kappa shape index (κ2) is 7.39. The second-order valence-corrected chi connectivity index (χ2v) is 6.32. The van der Waals surface area contributed by atoms with E-state index < -0.39 is 6.10 Å². The first kappa shape index (κ1) is 17.7. The second-order valence-electron chi connectivity index (χ2n) is 6.32. The van der Waals surface area contributed by atoms with Crippen molar-refractivity contribution < 1.29 is 14.2 Å². The monoisotopic (exact) mass is 351 g/mol. The molecule has 3 rings (SSSR count). The van der Waals surface area contributed by atoms with Gasteiger partial charge in [0, 0.05) is 5.56 Å². The van der Waals surface area contributed by atoms with Crippen LogP contribution in [0.4, 0.5) is 5.82 Å². The highest BCUT2D eigenvalue weighted by Crippen LogP contribution is 2.25. The van der Waals surface area contributed by atoms with Gasteiger partial charge in [0.15, 0.2) is 11.8 Å². The Bertz CT molecular complexity index is 916. The molecule has 0 unspecified atom stereocenters. The van der Waals surface area contributed by atoms with Crippen LogP contribution < -0.4 is 10.1 Å². The van der Waals surface area contributed by atoms with Crippen LogP contribution in [0.1, 0.15) is 23.6 Å². The third kappa shape index (κ3) is 3.91. The summed E-state index contributed by atoms with van der Waals surface area (Å²) >= 11 is 0. The van der Waals surface area contributed by atoms with Crippen LogP contribution in [0.15, 0.2) is 47.1 Å². The maximum atomic E-state index is 12.5. The van der Waals surface area contributed by atoms with Gasteiger partial charge in [-0.3, -0.25) is 4.79 Å². The molecule has 0 aliphatic rings. The lowest BCUT2D eigenvalue weighted by atomic mass is 10.1. The molecule has 1 heterocycles. The molecule has 6 heteroatoms. The molecule has 0 aliphatic carbocycles. The van der Waals surface area contributed by atoms with Gasteiger partial charge in [-0.05, 0) is 61.3 Å². The summed E-state index contributed by atoms with van der Waals surface area (Å²) in [6, 6.07) is 13.4. The highest BCUT2D eigenvalue weighted by molar-refractivity contribution is 5.95. The number of ether oxygens (including phenoxy) is 1. The largest absolute Gasteiger partial charge is 0.481 e. The van der Waals surface area contributed by atoms with Gasteiger partial charge >= 0.3 is 0 Å². The number of hydrogen-bond acceptors (Lipinski definition) is 5. The van der Waals surface area contributed by atoms with E-state index in [2.05, 4.69) is 15.6 Å². The van der Waals surface area contributed by atoms with Gasteiger partial charge in [-0.15, -0.1) is 0 Å². The summed E-state index contributed by atoms with van der Waals surface area (Å²) in [4.78, 5) is 12.5. The summed E-state index contributed by atoms with van der Waals surface area (Å²) < 4.78 is 10.5. The number of nitrogens with zero attached hydrogens (tertiary/aromatic N) is 2. The number of benzene rings is 2. The third-order valence-corrected chi connectivity index (χ3v) is 4.22. The number of aromatic nitrogens is 2. The summed E-state index contributed by atoms with van der Waals surface area (Å²) in [7, 11) is 0.